The first-order chi connectivity index (χ1) is 8.56. The average Bonchev–Trinajstić information content (AvgIpc) is 3.08. The lowest BCUT2D eigenvalue weighted by molar-refractivity contribution is -0.119. The van der Waals surface area contributed by atoms with Gasteiger partial charge in [-0.1, -0.05) is 18.2 Å². The van der Waals surface area contributed by atoms with Crippen molar-refractivity contribution < 1.29 is 13.2 Å². The number of hydrogen-bond acceptors (Lipinski definition) is 4. The van der Waals surface area contributed by atoms with E-state index in [2.05, 4.69) is 10.0 Å². The number of rotatable bonds is 3. The molecule has 1 heterocycles. The van der Waals surface area contributed by atoms with Crippen LogP contribution in [-0.2, 0) is 21.2 Å². The predicted octanol–water partition coefficient (Wildman–Crippen LogP) is 0.632. The summed E-state index contributed by atoms with van der Waals surface area (Å²) < 4.78 is 25.5. The summed E-state index contributed by atoms with van der Waals surface area (Å²) in [5.74, 6) is -0.460. The molecule has 96 valence electrons. The summed E-state index contributed by atoms with van der Waals surface area (Å²) in [6.07, 6.45) is 1.84. The van der Waals surface area contributed by atoms with Crippen molar-refractivity contribution in [3.05, 3.63) is 29.8 Å². The summed E-state index contributed by atoms with van der Waals surface area (Å²) in [6.45, 7) is 0. The molecule has 0 radical (unpaired) electrons. The van der Waals surface area contributed by atoms with Crippen LogP contribution < -0.4 is 10.0 Å². The maximum atomic E-state index is 11.9. The van der Waals surface area contributed by atoms with Gasteiger partial charge in [0.2, 0.25) is 10.0 Å². The molecule has 2 aliphatic rings. The molecule has 1 aromatic rings. The van der Waals surface area contributed by atoms with Crippen molar-refractivity contribution in [1.29, 1.82) is 0 Å². The van der Waals surface area contributed by atoms with E-state index in [4.69, 9.17) is 0 Å². The zero-order valence-corrected chi connectivity index (χ0v) is 10.5. The van der Waals surface area contributed by atoms with Gasteiger partial charge in [0.25, 0.3) is 5.91 Å². The third kappa shape index (κ3) is 2.08. The van der Waals surface area contributed by atoms with Gasteiger partial charge >= 0.3 is 0 Å². The molecule has 6 heteroatoms. The molecule has 5 nitrogen and oxygen atoms in total. The third-order valence-corrected chi connectivity index (χ3v) is 5.13. The van der Waals surface area contributed by atoms with Crippen molar-refractivity contribution in [2.24, 2.45) is 0 Å². The molecule has 1 fully saturated rings. The first kappa shape index (κ1) is 11.5. The van der Waals surface area contributed by atoms with E-state index in [-0.39, 0.29) is 5.25 Å². The second-order valence-electron chi connectivity index (χ2n) is 4.77. The molecule has 0 spiro atoms. The molecular weight excluding hydrogens is 252 g/mol. The monoisotopic (exact) mass is 266 g/mol. The van der Waals surface area contributed by atoms with Crippen LogP contribution in [0, 0.1) is 0 Å². The molecule has 1 unspecified atom stereocenters. The lowest BCUT2D eigenvalue weighted by Crippen LogP contribution is -2.42. The van der Waals surface area contributed by atoms with Gasteiger partial charge in [-0.2, -0.15) is 0 Å². The van der Waals surface area contributed by atoms with Crippen molar-refractivity contribution in [1.82, 2.24) is 4.72 Å². The number of carbonyl (C=O) groups is 1. The van der Waals surface area contributed by atoms with E-state index in [0.29, 0.717) is 19.3 Å². The number of para-hydroxylation sites is 1. The van der Waals surface area contributed by atoms with E-state index in [1.807, 2.05) is 24.3 Å². The Morgan fingerprint density at radius 2 is 2.00 bits per heavy atom. The first-order valence-corrected chi connectivity index (χ1v) is 7.51. The van der Waals surface area contributed by atoms with Crippen LogP contribution in [0.5, 0.6) is 0 Å². The molecule has 1 aromatic carbocycles. The summed E-state index contributed by atoms with van der Waals surface area (Å²) in [5.41, 5.74) is 1.95. The number of anilines is 1. The number of fused-ring (bicyclic) bond motifs is 1. The molecule has 0 aromatic heterocycles. The summed E-state index contributed by atoms with van der Waals surface area (Å²) in [4.78, 5) is 11.9. The number of amides is 1. The molecule has 1 aliphatic heterocycles. The van der Waals surface area contributed by atoms with Crippen molar-refractivity contribution in [3.8, 4) is 0 Å². The van der Waals surface area contributed by atoms with Crippen molar-refractivity contribution in [3.63, 3.8) is 0 Å². The Labute approximate surface area is 106 Å². The normalized spacial score (nSPS) is 22.1. The highest BCUT2D eigenvalue weighted by molar-refractivity contribution is 7.90. The summed E-state index contributed by atoms with van der Waals surface area (Å²) >= 11 is 0. The van der Waals surface area contributed by atoms with E-state index in [0.717, 1.165) is 11.3 Å². The quantitative estimate of drug-likeness (QED) is 0.841. The van der Waals surface area contributed by atoms with Crippen molar-refractivity contribution >= 4 is 21.6 Å². The van der Waals surface area contributed by atoms with E-state index in [1.165, 1.54) is 0 Å². The Balaban J connectivity index is 1.69. The van der Waals surface area contributed by atoms with Crippen LogP contribution in [0.1, 0.15) is 18.4 Å². The molecule has 0 bridgehead atoms. The number of hydrogen-bond donors (Lipinski definition) is 2. The van der Waals surface area contributed by atoms with E-state index < -0.39 is 22.0 Å². The Hall–Kier alpha value is -1.56. The van der Waals surface area contributed by atoms with Gasteiger partial charge in [0.1, 0.15) is 6.04 Å². The largest absolute Gasteiger partial charge is 0.373 e. The number of benzene rings is 1. The average molecular weight is 266 g/mol. The fourth-order valence-electron chi connectivity index (χ4n) is 2.13. The standard InChI is InChI=1S/C12H14N2O3S/c15-12(14-18(16,17)9-5-6-9)11-7-8-3-1-2-4-10(8)13-11/h1-4,9,11,13H,5-7H2,(H,14,15). The molecule has 1 amide bonds. The Bertz CT molecular complexity index is 568. The van der Waals surface area contributed by atoms with Crippen LogP contribution in [-0.4, -0.2) is 25.6 Å². The Kier molecular flexibility index (Phi) is 2.55. The van der Waals surface area contributed by atoms with E-state index in [1.54, 1.807) is 0 Å². The Morgan fingerprint density at radius 3 is 2.67 bits per heavy atom. The van der Waals surface area contributed by atoms with Gasteiger partial charge in [0.05, 0.1) is 5.25 Å². The molecule has 1 atom stereocenters. The maximum absolute atomic E-state index is 11.9. The highest BCUT2D eigenvalue weighted by atomic mass is 32.2. The van der Waals surface area contributed by atoms with Gasteiger partial charge in [-0.15, -0.1) is 0 Å². The minimum absolute atomic E-state index is 0.370. The topological polar surface area (TPSA) is 75.3 Å². The zero-order valence-electron chi connectivity index (χ0n) is 9.72. The second kappa shape index (κ2) is 3.98. The highest BCUT2D eigenvalue weighted by Gasteiger charge is 2.38. The Morgan fingerprint density at radius 1 is 1.28 bits per heavy atom. The lowest BCUT2D eigenvalue weighted by Gasteiger charge is -2.11. The van der Waals surface area contributed by atoms with Gasteiger partial charge in [-0.25, -0.2) is 8.42 Å². The molecular formula is C12H14N2O3S. The molecule has 0 saturated heterocycles. The van der Waals surface area contributed by atoms with Crippen LogP contribution in [0.4, 0.5) is 5.69 Å². The predicted molar refractivity (Wildman–Crippen MR) is 67.6 cm³/mol. The summed E-state index contributed by atoms with van der Waals surface area (Å²) in [5, 5.41) is 2.67. The van der Waals surface area contributed by atoms with E-state index in [9.17, 15) is 13.2 Å². The SMILES string of the molecule is O=C(NS(=O)(=O)C1CC1)C1Cc2ccccc2N1. The molecule has 1 aliphatic carbocycles. The van der Waals surface area contributed by atoms with Crippen LogP contribution in [0.2, 0.25) is 0 Å². The van der Waals surface area contributed by atoms with Gasteiger partial charge < -0.3 is 5.32 Å². The maximum Gasteiger partial charge on any atom is 0.256 e. The minimum Gasteiger partial charge on any atom is -0.373 e. The fraction of sp³-hybridized carbons (Fsp3) is 0.417. The van der Waals surface area contributed by atoms with Crippen molar-refractivity contribution in [2.75, 3.05) is 5.32 Å². The second-order valence-corrected chi connectivity index (χ2v) is 6.73. The van der Waals surface area contributed by atoms with Gasteiger partial charge in [-0.3, -0.25) is 9.52 Å². The zero-order chi connectivity index (χ0) is 12.8. The van der Waals surface area contributed by atoms with Gasteiger partial charge in [0.15, 0.2) is 0 Å². The number of sulfonamides is 1. The highest BCUT2D eigenvalue weighted by Crippen LogP contribution is 2.28. The lowest BCUT2D eigenvalue weighted by atomic mass is 10.1. The van der Waals surface area contributed by atoms with Crippen LogP contribution in [0.3, 0.4) is 0 Å². The molecule has 18 heavy (non-hydrogen) atoms. The molecule has 3 rings (SSSR count). The number of nitrogens with one attached hydrogen (secondary N) is 2. The third-order valence-electron chi connectivity index (χ3n) is 3.29. The van der Waals surface area contributed by atoms with Crippen molar-refractivity contribution in [2.45, 2.75) is 30.6 Å². The van der Waals surface area contributed by atoms with E-state index >= 15 is 0 Å². The van der Waals surface area contributed by atoms with Crippen LogP contribution >= 0.6 is 0 Å². The minimum atomic E-state index is -3.45. The van der Waals surface area contributed by atoms with Gasteiger partial charge in [-0.05, 0) is 24.5 Å². The van der Waals surface area contributed by atoms with Gasteiger partial charge in [0, 0.05) is 12.1 Å². The smallest absolute Gasteiger partial charge is 0.256 e. The van der Waals surface area contributed by atoms with Crippen LogP contribution in [0.15, 0.2) is 24.3 Å². The summed E-state index contributed by atoms with van der Waals surface area (Å²) in [6, 6.07) is 7.12. The summed E-state index contributed by atoms with van der Waals surface area (Å²) in [7, 11) is -3.45. The fourth-order valence-corrected chi connectivity index (χ4v) is 3.48. The molecule has 2 N–H and O–H groups in total. The number of carbonyl (C=O) groups excluding carboxylic acids is 1. The first-order valence-electron chi connectivity index (χ1n) is 5.96. The van der Waals surface area contributed by atoms with Crippen LogP contribution in [0.25, 0.3) is 0 Å². The molecule has 1 saturated carbocycles.